The number of rotatable bonds is 5. The summed E-state index contributed by atoms with van der Waals surface area (Å²) in [5.41, 5.74) is 6.64. The predicted octanol–water partition coefficient (Wildman–Crippen LogP) is 4.58. The Balaban J connectivity index is 2.33. The standard InChI is InChI=1S/C15H10I4NO3/c16-12-7(5-8(20)6-21)1-3-10(14(12)18)23-11-4-2-9(22)13(17)15(11)19/h1-4,8,22H,5,20H2. The van der Waals surface area contributed by atoms with Gasteiger partial charge in [0.15, 0.2) is 0 Å². The molecule has 121 valence electrons. The molecule has 0 bridgehead atoms. The second-order valence-electron chi connectivity index (χ2n) is 4.59. The molecule has 0 aromatic heterocycles. The average molecular weight is 760 g/mol. The van der Waals surface area contributed by atoms with Crippen molar-refractivity contribution in [2.75, 3.05) is 0 Å². The second-order valence-corrected chi connectivity index (χ2v) is 8.91. The first-order chi connectivity index (χ1) is 10.8. The van der Waals surface area contributed by atoms with Gasteiger partial charge < -0.3 is 15.6 Å². The molecule has 4 nitrogen and oxygen atoms in total. The van der Waals surface area contributed by atoms with Crippen LogP contribution in [-0.2, 0) is 11.2 Å². The molecule has 0 aliphatic heterocycles. The summed E-state index contributed by atoms with van der Waals surface area (Å²) in [7, 11) is 0. The summed E-state index contributed by atoms with van der Waals surface area (Å²) >= 11 is 8.68. The van der Waals surface area contributed by atoms with Crippen molar-refractivity contribution in [3.63, 3.8) is 0 Å². The Labute approximate surface area is 188 Å². The Bertz CT molecular complexity index is 752. The van der Waals surface area contributed by atoms with E-state index >= 15 is 0 Å². The van der Waals surface area contributed by atoms with Gasteiger partial charge in [0.05, 0.1) is 16.8 Å². The van der Waals surface area contributed by atoms with E-state index in [2.05, 4.69) is 90.4 Å². The summed E-state index contributed by atoms with van der Waals surface area (Å²) in [6.07, 6.45) is 2.25. The van der Waals surface area contributed by atoms with Gasteiger partial charge in [0.2, 0.25) is 6.29 Å². The Morgan fingerprint density at radius 2 is 1.57 bits per heavy atom. The smallest absolute Gasteiger partial charge is 0.217 e. The normalized spacial score (nSPS) is 12.0. The maximum Gasteiger partial charge on any atom is 0.217 e. The van der Waals surface area contributed by atoms with Gasteiger partial charge in [-0.2, -0.15) is 0 Å². The van der Waals surface area contributed by atoms with E-state index in [0.29, 0.717) is 12.2 Å². The van der Waals surface area contributed by atoms with Crippen molar-refractivity contribution in [2.24, 2.45) is 5.73 Å². The number of ether oxygens (including phenoxy) is 1. The van der Waals surface area contributed by atoms with Crippen molar-refractivity contribution in [1.82, 2.24) is 0 Å². The van der Waals surface area contributed by atoms with Gasteiger partial charge in [-0.1, -0.05) is 6.07 Å². The summed E-state index contributed by atoms with van der Waals surface area (Å²) in [5.74, 6) is 1.65. The van der Waals surface area contributed by atoms with Crippen molar-refractivity contribution in [3.05, 3.63) is 44.1 Å². The van der Waals surface area contributed by atoms with Gasteiger partial charge in [-0.25, -0.2) is 0 Å². The molecule has 1 radical (unpaired) electrons. The summed E-state index contributed by atoms with van der Waals surface area (Å²) in [4.78, 5) is 10.6. The lowest BCUT2D eigenvalue weighted by Crippen LogP contribution is -2.24. The Morgan fingerprint density at radius 3 is 2.17 bits per heavy atom. The fourth-order valence-corrected chi connectivity index (χ4v) is 4.12. The first-order valence-corrected chi connectivity index (χ1v) is 10.6. The van der Waals surface area contributed by atoms with Gasteiger partial charge in [-0.05, 0) is 121 Å². The van der Waals surface area contributed by atoms with Crippen LogP contribution in [0.1, 0.15) is 5.56 Å². The molecule has 1 unspecified atom stereocenters. The van der Waals surface area contributed by atoms with Gasteiger partial charge in [-0.15, -0.1) is 0 Å². The first-order valence-electron chi connectivity index (χ1n) is 6.30. The second kappa shape index (κ2) is 8.80. The molecule has 3 N–H and O–H groups in total. The number of benzene rings is 2. The van der Waals surface area contributed by atoms with Gasteiger partial charge in [-0.3, -0.25) is 4.79 Å². The fraction of sp³-hybridized carbons (Fsp3) is 0.133. The third kappa shape index (κ3) is 4.82. The Morgan fingerprint density at radius 1 is 1.00 bits per heavy atom. The summed E-state index contributed by atoms with van der Waals surface area (Å²) in [5, 5.41) is 9.72. The van der Waals surface area contributed by atoms with Crippen LogP contribution in [0.3, 0.4) is 0 Å². The minimum absolute atomic E-state index is 0.237. The highest BCUT2D eigenvalue weighted by Gasteiger charge is 2.16. The number of phenols is 1. The third-order valence-corrected chi connectivity index (χ3v) is 9.49. The van der Waals surface area contributed by atoms with Crippen molar-refractivity contribution in [1.29, 1.82) is 0 Å². The number of hydrogen-bond acceptors (Lipinski definition) is 4. The Hall–Kier alpha value is 0.590. The monoisotopic (exact) mass is 760 g/mol. The van der Waals surface area contributed by atoms with E-state index in [1.54, 1.807) is 18.4 Å². The number of phenolic OH excluding ortho intramolecular Hbond substituents is 1. The number of halogens is 4. The SMILES string of the molecule is NC([C]=O)Cc1ccc(Oc2ccc(O)c(I)c2I)c(I)c1I. The minimum Gasteiger partial charge on any atom is -0.507 e. The van der Waals surface area contributed by atoms with Crippen molar-refractivity contribution in [3.8, 4) is 17.2 Å². The molecule has 0 aliphatic rings. The molecule has 2 aromatic rings. The van der Waals surface area contributed by atoms with Gasteiger partial charge in [0.1, 0.15) is 17.2 Å². The topological polar surface area (TPSA) is 72.6 Å². The summed E-state index contributed by atoms with van der Waals surface area (Å²) in [6, 6.07) is 6.52. The average Bonchev–Trinajstić information content (AvgIpc) is 2.54. The number of carbonyl (C=O) groups excluding carboxylic acids is 1. The van der Waals surface area contributed by atoms with Crippen molar-refractivity contribution in [2.45, 2.75) is 12.5 Å². The zero-order valence-electron chi connectivity index (χ0n) is 11.4. The van der Waals surface area contributed by atoms with Gasteiger partial charge >= 0.3 is 0 Å². The molecule has 0 spiro atoms. The van der Waals surface area contributed by atoms with Crippen LogP contribution in [0, 0.1) is 14.3 Å². The zero-order valence-corrected chi connectivity index (χ0v) is 20.1. The van der Waals surface area contributed by atoms with Crippen LogP contribution in [-0.4, -0.2) is 17.4 Å². The lowest BCUT2D eigenvalue weighted by molar-refractivity contribution is 0.456. The lowest BCUT2D eigenvalue weighted by Gasteiger charge is -2.14. The maximum atomic E-state index is 10.6. The van der Waals surface area contributed by atoms with E-state index in [4.69, 9.17) is 10.5 Å². The van der Waals surface area contributed by atoms with Crippen LogP contribution in [0.4, 0.5) is 0 Å². The highest BCUT2D eigenvalue weighted by Crippen LogP contribution is 2.37. The molecule has 0 aliphatic carbocycles. The van der Waals surface area contributed by atoms with E-state index in [9.17, 15) is 9.90 Å². The molecule has 23 heavy (non-hydrogen) atoms. The van der Waals surface area contributed by atoms with Crippen LogP contribution < -0.4 is 10.5 Å². The third-order valence-electron chi connectivity index (χ3n) is 2.96. The van der Waals surface area contributed by atoms with Crippen LogP contribution in [0.15, 0.2) is 24.3 Å². The summed E-state index contributed by atoms with van der Waals surface area (Å²) in [6.45, 7) is 0. The predicted molar refractivity (Wildman–Crippen MR) is 123 cm³/mol. The van der Waals surface area contributed by atoms with Crippen LogP contribution >= 0.6 is 90.4 Å². The maximum absolute atomic E-state index is 10.6. The van der Waals surface area contributed by atoms with Gasteiger partial charge in [0, 0.05) is 3.57 Å². The molecular formula is C15H10I4NO3. The van der Waals surface area contributed by atoms with Crippen molar-refractivity contribution >= 4 is 96.6 Å². The largest absolute Gasteiger partial charge is 0.507 e. The molecule has 0 amide bonds. The molecule has 2 rings (SSSR count). The molecule has 2 aromatic carbocycles. The highest BCUT2D eigenvalue weighted by molar-refractivity contribution is 14.1. The molecule has 0 saturated heterocycles. The van der Waals surface area contributed by atoms with Gasteiger partial charge in [0.25, 0.3) is 0 Å². The quantitative estimate of drug-likeness (QED) is 0.439. The van der Waals surface area contributed by atoms with E-state index in [-0.39, 0.29) is 5.75 Å². The number of hydrogen-bond donors (Lipinski definition) is 2. The molecule has 0 heterocycles. The Kier molecular flexibility index (Phi) is 7.62. The minimum atomic E-state index is -0.620. The van der Waals surface area contributed by atoms with E-state index in [0.717, 1.165) is 25.6 Å². The van der Waals surface area contributed by atoms with Crippen LogP contribution in [0.25, 0.3) is 0 Å². The molecular weight excluding hydrogens is 750 g/mol. The van der Waals surface area contributed by atoms with E-state index < -0.39 is 6.04 Å². The van der Waals surface area contributed by atoms with Crippen LogP contribution in [0.5, 0.6) is 17.2 Å². The fourth-order valence-electron chi connectivity index (χ4n) is 1.81. The van der Waals surface area contributed by atoms with Crippen LogP contribution in [0.2, 0.25) is 0 Å². The lowest BCUT2D eigenvalue weighted by atomic mass is 10.1. The van der Waals surface area contributed by atoms with E-state index in [1.807, 2.05) is 12.1 Å². The molecule has 0 saturated carbocycles. The summed E-state index contributed by atoms with van der Waals surface area (Å²) < 4.78 is 9.58. The van der Waals surface area contributed by atoms with E-state index in [1.165, 1.54) is 0 Å². The molecule has 8 heteroatoms. The molecule has 0 fully saturated rings. The molecule has 1 atom stereocenters. The number of nitrogens with two attached hydrogens (primary N) is 1. The highest BCUT2D eigenvalue weighted by atomic mass is 127. The first kappa shape index (κ1) is 19.9. The number of aromatic hydroxyl groups is 1. The zero-order chi connectivity index (χ0) is 17.1. The van der Waals surface area contributed by atoms with Crippen molar-refractivity contribution < 1.29 is 14.6 Å².